The zero-order valence-corrected chi connectivity index (χ0v) is 13.9. The van der Waals surface area contributed by atoms with E-state index in [9.17, 15) is 14.4 Å². The molecule has 0 bridgehead atoms. The fourth-order valence-corrected chi connectivity index (χ4v) is 2.79. The summed E-state index contributed by atoms with van der Waals surface area (Å²) >= 11 is 0. The third kappa shape index (κ3) is 4.71. The summed E-state index contributed by atoms with van der Waals surface area (Å²) in [5.74, 6) is -0.403. The molecule has 0 aliphatic carbocycles. The van der Waals surface area contributed by atoms with E-state index >= 15 is 0 Å². The Labute approximate surface area is 141 Å². The Bertz CT molecular complexity index is 630. The van der Waals surface area contributed by atoms with Crippen LogP contribution in [0.1, 0.15) is 31.7 Å². The van der Waals surface area contributed by atoms with Crippen molar-refractivity contribution in [2.24, 2.45) is 0 Å². The van der Waals surface area contributed by atoms with E-state index in [0.29, 0.717) is 25.3 Å². The van der Waals surface area contributed by atoms with Gasteiger partial charge < -0.3 is 21.3 Å². The quantitative estimate of drug-likeness (QED) is 0.523. The van der Waals surface area contributed by atoms with Crippen LogP contribution in [0.2, 0.25) is 0 Å². The second kappa shape index (κ2) is 8.33. The molecule has 1 aromatic carbocycles. The summed E-state index contributed by atoms with van der Waals surface area (Å²) in [6.07, 6.45) is 2.03. The van der Waals surface area contributed by atoms with Crippen molar-refractivity contribution in [3.8, 4) is 0 Å². The number of hydrogen-bond acceptors (Lipinski definition) is 4. The molecule has 0 aromatic heterocycles. The Balaban J connectivity index is 1.82. The maximum atomic E-state index is 12.4. The maximum Gasteiger partial charge on any atom is 0.227 e. The lowest BCUT2D eigenvalue weighted by molar-refractivity contribution is -0.125. The lowest BCUT2D eigenvalue weighted by Crippen LogP contribution is -2.37. The van der Waals surface area contributed by atoms with Gasteiger partial charge in [-0.05, 0) is 30.5 Å². The Morgan fingerprint density at radius 1 is 1.17 bits per heavy atom. The number of amides is 3. The van der Waals surface area contributed by atoms with Crippen LogP contribution in [-0.2, 0) is 20.8 Å². The Kier molecular flexibility index (Phi) is 6.17. The van der Waals surface area contributed by atoms with Crippen molar-refractivity contribution in [1.82, 2.24) is 10.6 Å². The summed E-state index contributed by atoms with van der Waals surface area (Å²) in [5, 5.41) is 5.27. The van der Waals surface area contributed by atoms with E-state index in [-0.39, 0.29) is 30.6 Å². The number of hydrogen-bond donors (Lipinski definition) is 3. The summed E-state index contributed by atoms with van der Waals surface area (Å²) in [4.78, 5) is 36.6. The number of nitrogen functional groups attached to an aromatic ring is 1. The molecule has 4 N–H and O–H groups in total. The number of nitrogens with zero attached hydrogens (tertiary/aromatic N) is 1. The molecule has 1 aliphatic heterocycles. The van der Waals surface area contributed by atoms with Crippen LogP contribution < -0.4 is 21.3 Å². The molecular weight excluding hydrogens is 308 g/mol. The molecule has 2 rings (SSSR count). The molecule has 7 heteroatoms. The second-order valence-electron chi connectivity index (χ2n) is 5.83. The minimum atomic E-state index is -0.196. The highest BCUT2D eigenvalue weighted by molar-refractivity contribution is 5.97. The smallest absolute Gasteiger partial charge is 0.227 e. The number of carbonyl (C=O) groups excluding carboxylic acids is 3. The van der Waals surface area contributed by atoms with Gasteiger partial charge in [-0.15, -0.1) is 0 Å². The number of anilines is 2. The molecule has 7 nitrogen and oxygen atoms in total. The van der Waals surface area contributed by atoms with Crippen LogP contribution in [0, 0.1) is 0 Å². The van der Waals surface area contributed by atoms with Gasteiger partial charge in [0, 0.05) is 50.8 Å². The van der Waals surface area contributed by atoms with Gasteiger partial charge in [0.25, 0.3) is 0 Å². The first-order valence-electron chi connectivity index (χ1n) is 8.18. The summed E-state index contributed by atoms with van der Waals surface area (Å²) in [7, 11) is 0. The third-order valence-electron chi connectivity index (χ3n) is 3.97. The molecular formula is C17H24N4O3. The van der Waals surface area contributed by atoms with Crippen LogP contribution in [-0.4, -0.2) is 37.4 Å². The molecule has 0 saturated carbocycles. The molecule has 3 amide bonds. The van der Waals surface area contributed by atoms with Crippen LogP contribution >= 0.6 is 0 Å². The van der Waals surface area contributed by atoms with Crippen molar-refractivity contribution in [2.75, 3.05) is 30.3 Å². The van der Waals surface area contributed by atoms with Crippen molar-refractivity contribution >= 4 is 29.1 Å². The van der Waals surface area contributed by atoms with Gasteiger partial charge in [0.1, 0.15) is 0 Å². The highest BCUT2D eigenvalue weighted by atomic mass is 16.2. The molecule has 130 valence electrons. The number of fused-ring (bicyclic) bond motifs is 1. The molecule has 0 saturated heterocycles. The average molecular weight is 332 g/mol. The largest absolute Gasteiger partial charge is 0.398 e. The molecule has 0 atom stereocenters. The maximum absolute atomic E-state index is 12.4. The second-order valence-corrected chi connectivity index (χ2v) is 5.83. The van der Waals surface area contributed by atoms with Crippen molar-refractivity contribution in [2.45, 2.75) is 32.6 Å². The van der Waals surface area contributed by atoms with Crippen LogP contribution in [0.4, 0.5) is 11.4 Å². The van der Waals surface area contributed by atoms with E-state index in [1.54, 1.807) is 4.90 Å². The highest BCUT2D eigenvalue weighted by Gasteiger charge is 2.23. The topological polar surface area (TPSA) is 105 Å². The highest BCUT2D eigenvalue weighted by Crippen LogP contribution is 2.31. The van der Waals surface area contributed by atoms with E-state index in [1.807, 2.05) is 18.2 Å². The molecule has 0 radical (unpaired) electrons. The van der Waals surface area contributed by atoms with E-state index in [4.69, 9.17) is 5.73 Å². The van der Waals surface area contributed by atoms with Crippen molar-refractivity contribution < 1.29 is 14.4 Å². The summed E-state index contributed by atoms with van der Waals surface area (Å²) < 4.78 is 0. The molecule has 1 heterocycles. The van der Waals surface area contributed by atoms with Gasteiger partial charge in [0.15, 0.2) is 0 Å². The number of benzene rings is 1. The van der Waals surface area contributed by atoms with Crippen LogP contribution in [0.3, 0.4) is 0 Å². The molecule has 0 fully saturated rings. The predicted octanol–water partition coefficient (Wildman–Crippen LogP) is 0.581. The first-order chi connectivity index (χ1) is 11.5. The van der Waals surface area contributed by atoms with Gasteiger partial charge >= 0.3 is 0 Å². The zero-order valence-electron chi connectivity index (χ0n) is 13.9. The zero-order chi connectivity index (χ0) is 17.5. The third-order valence-corrected chi connectivity index (χ3v) is 3.97. The van der Waals surface area contributed by atoms with Gasteiger partial charge in [0.2, 0.25) is 17.7 Å². The molecule has 24 heavy (non-hydrogen) atoms. The molecule has 1 aliphatic rings. The molecule has 0 spiro atoms. The first kappa shape index (κ1) is 17.8. The fraction of sp³-hybridized carbons (Fsp3) is 0.471. The predicted molar refractivity (Wildman–Crippen MR) is 92.5 cm³/mol. The van der Waals surface area contributed by atoms with Gasteiger partial charge in [-0.1, -0.05) is 6.07 Å². The standard InChI is InChI=1S/C17H24N4O3/c1-12(22)19-9-10-20-16(23)7-8-17(24)21-11-3-4-13-14(18)5-2-6-15(13)21/h2,5-6H,3-4,7-11,18H2,1H3,(H,19,22)(H,20,23). The van der Waals surface area contributed by atoms with Crippen LogP contribution in [0.15, 0.2) is 18.2 Å². The summed E-state index contributed by atoms with van der Waals surface area (Å²) in [5.41, 5.74) is 8.56. The van der Waals surface area contributed by atoms with E-state index in [0.717, 1.165) is 24.1 Å². The summed E-state index contributed by atoms with van der Waals surface area (Å²) in [6.45, 7) is 2.81. The van der Waals surface area contributed by atoms with E-state index in [2.05, 4.69) is 10.6 Å². The number of carbonyl (C=O) groups is 3. The molecule has 0 unspecified atom stereocenters. The number of rotatable bonds is 6. The lowest BCUT2D eigenvalue weighted by Gasteiger charge is -2.30. The minimum absolute atomic E-state index is 0.0708. The van der Waals surface area contributed by atoms with Crippen molar-refractivity contribution in [1.29, 1.82) is 0 Å². The van der Waals surface area contributed by atoms with Crippen LogP contribution in [0.25, 0.3) is 0 Å². The minimum Gasteiger partial charge on any atom is -0.398 e. The van der Waals surface area contributed by atoms with Gasteiger partial charge in [-0.25, -0.2) is 0 Å². The Morgan fingerprint density at radius 2 is 1.92 bits per heavy atom. The number of nitrogens with one attached hydrogen (secondary N) is 2. The van der Waals surface area contributed by atoms with Crippen LogP contribution in [0.5, 0.6) is 0 Å². The normalized spacial score (nSPS) is 13.1. The first-order valence-corrected chi connectivity index (χ1v) is 8.18. The van der Waals surface area contributed by atoms with Gasteiger partial charge in [-0.2, -0.15) is 0 Å². The monoisotopic (exact) mass is 332 g/mol. The Morgan fingerprint density at radius 3 is 2.67 bits per heavy atom. The SMILES string of the molecule is CC(=O)NCCNC(=O)CCC(=O)N1CCCc2c(N)cccc21. The van der Waals surface area contributed by atoms with Crippen molar-refractivity contribution in [3.63, 3.8) is 0 Å². The van der Waals surface area contributed by atoms with E-state index in [1.165, 1.54) is 6.92 Å². The van der Waals surface area contributed by atoms with E-state index < -0.39 is 0 Å². The van der Waals surface area contributed by atoms with Gasteiger partial charge in [-0.3, -0.25) is 14.4 Å². The van der Waals surface area contributed by atoms with Gasteiger partial charge in [0.05, 0.1) is 0 Å². The number of nitrogens with two attached hydrogens (primary N) is 1. The average Bonchev–Trinajstić information content (AvgIpc) is 2.56. The lowest BCUT2D eigenvalue weighted by atomic mass is 9.99. The van der Waals surface area contributed by atoms with Crippen molar-refractivity contribution in [3.05, 3.63) is 23.8 Å². The summed E-state index contributed by atoms with van der Waals surface area (Å²) in [6, 6.07) is 5.58. The molecule has 1 aromatic rings. The Hall–Kier alpha value is -2.57. The fourth-order valence-electron chi connectivity index (χ4n) is 2.79.